The summed E-state index contributed by atoms with van der Waals surface area (Å²) in [6.07, 6.45) is 4.57. The van der Waals surface area contributed by atoms with Crippen molar-refractivity contribution >= 4 is 5.91 Å². The van der Waals surface area contributed by atoms with Crippen molar-refractivity contribution in [1.29, 1.82) is 0 Å². The van der Waals surface area contributed by atoms with Gasteiger partial charge in [-0.2, -0.15) is 8.78 Å². The number of hydrogen-bond donors (Lipinski definition) is 2. The fraction of sp³-hybridized carbons (Fsp3) is 0.889. The number of amides is 1. The lowest BCUT2D eigenvalue weighted by atomic mass is 9.83. The standard InChI is InChI=1S/C9H16F2N2O/c10-9(11,8(12)14)6-13-5-4-7-2-1-3-7/h7,13H,1-6H2,(H2,12,14). The molecule has 0 atom stereocenters. The molecule has 0 aliphatic heterocycles. The van der Waals surface area contributed by atoms with Gasteiger partial charge in [0.1, 0.15) is 0 Å². The zero-order valence-corrected chi connectivity index (χ0v) is 8.06. The molecule has 0 aromatic heterocycles. The second-order valence-electron chi connectivity index (χ2n) is 3.83. The van der Waals surface area contributed by atoms with E-state index in [0.29, 0.717) is 12.5 Å². The molecule has 5 heteroatoms. The summed E-state index contributed by atoms with van der Waals surface area (Å²) in [7, 11) is 0. The highest BCUT2D eigenvalue weighted by Crippen LogP contribution is 2.28. The molecule has 3 N–H and O–H groups in total. The van der Waals surface area contributed by atoms with Gasteiger partial charge in [-0.05, 0) is 18.9 Å². The minimum Gasteiger partial charge on any atom is -0.364 e. The third-order valence-electron chi connectivity index (χ3n) is 2.66. The Morgan fingerprint density at radius 1 is 1.50 bits per heavy atom. The number of alkyl halides is 2. The fourth-order valence-corrected chi connectivity index (χ4v) is 1.42. The third kappa shape index (κ3) is 3.21. The minimum absolute atomic E-state index is 0.535. The van der Waals surface area contributed by atoms with Crippen molar-refractivity contribution in [2.24, 2.45) is 11.7 Å². The summed E-state index contributed by atoms with van der Waals surface area (Å²) in [5.74, 6) is -4.29. The van der Waals surface area contributed by atoms with Gasteiger partial charge in [-0.15, -0.1) is 0 Å². The van der Waals surface area contributed by atoms with Gasteiger partial charge in [-0.1, -0.05) is 19.3 Å². The largest absolute Gasteiger partial charge is 0.364 e. The molecule has 0 spiro atoms. The zero-order chi connectivity index (χ0) is 10.6. The molecule has 1 amide bonds. The lowest BCUT2D eigenvalue weighted by molar-refractivity contribution is -0.141. The summed E-state index contributed by atoms with van der Waals surface area (Å²) in [6, 6.07) is 0. The van der Waals surface area contributed by atoms with Crippen LogP contribution in [0.25, 0.3) is 0 Å². The molecule has 1 aliphatic rings. The summed E-state index contributed by atoms with van der Waals surface area (Å²) in [5, 5.41) is 2.56. The van der Waals surface area contributed by atoms with Crippen molar-refractivity contribution in [1.82, 2.24) is 5.32 Å². The van der Waals surface area contributed by atoms with Crippen LogP contribution in [-0.4, -0.2) is 24.9 Å². The highest BCUT2D eigenvalue weighted by molar-refractivity contribution is 5.81. The number of carbonyl (C=O) groups excluding carboxylic acids is 1. The predicted octanol–water partition coefficient (Wildman–Crippen LogP) is 0.887. The van der Waals surface area contributed by atoms with Crippen LogP contribution >= 0.6 is 0 Å². The normalized spacial score (nSPS) is 17.9. The van der Waals surface area contributed by atoms with Crippen LogP contribution in [-0.2, 0) is 4.79 Å². The monoisotopic (exact) mass is 206 g/mol. The lowest BCUT2D eigenvalue weighted by Crippen LogP contribution is -2.44. The number of hydrogen-bond acceptors (Lipinski definition) is 2. The minimum atomic E-state index is -3.42. The molecule has 0 saturated heterocycles. The first kappa shape index (κ1) is 11.4. The van der Waals surface area contributed by atoms with E-state index in [1.54, 1.807) is 0 Å². The van der Waals surface area contributed by atoms with Gasteiger partial charge in [-0.25, -0.2) is 0 Å². The molecule has 0 unspecified atom stereocenters. The van der Waals surface area contributed by atoms with Gasteiger partial charge in [0, 0.05) is 0 Å². The SMILES string of the molecule is NC(=O)C(F)(F)CNCCC1CCC1. The average molecular weight is 206 g/mol. The fourth-order valence-electron chi connectivity index (χ4n) is 1.42. The Hall–Kier alpha value is -0.710. The van der Waals surface area contributed by atoms with E-state index in [2.05, 4.69) is 11.1 Å². The molecule has 82 valence electrons. The van der Waals surface area contributed by atoms with E-state index in [1.807, 2.05) is 0 Å². The number of rotatable bonds is 6. The van der Waals surface area contributed by atoms with Crippen molar-refractivity contribution in [3.63, 3.8) is 0 Å². The van der Waals surface area contributed by atoms with Gasteiger partial charge in [0.05, 0.1) is 6.54 Å². The van der Waals surface area contributed by atoms with Gasteiger partial charge < -0.3 is 11.1 Å². The predicted molar refractivity (Wildman–Crippen MR) is 49.0 cm³/mol. The van der Waals surface area contributed by atoms with Crippen molar-refractivity contribution in [3.8, 4) is 0 Å². The van der Waals surface area contributed by atoms with Crippen LogP contribution in [0.3, 0.4) is 0 Å². The highest BCUT2D eigenvalue weighted by atomic mass is 19.3. The van der Waals surface area contributed by atoms with Crippen LogP contribution in [0, 0.1) is 5.92 Å². The van der Waals surface area contributed by atoms with E-state index in [9.17, 15) is 13.6 Å². The molecule has 0 aromatic carbocycles. The van der Waals surface area contributed by atoms with E-state index in [1.165, 1.54) is 19.3 Å². The van der Waals surface area contributed by atoms with E-state index in [4.69, 9.17) is 0 Å². The quantitative estimate of drug-likeness (QED) is 0.634. The maximum atomic E-state index is 12.6. The van der Waals surface area contributed by atoms with E-state index >= 15 is 0 Å². The summed E-state index contributed by atoms with van der Waals surface area (Å²) in [6.45, 7) is -0.109. The van der Waals surface area contributed by atoms with Crippen molar-refractivity contribution in [2.45, 2.75) is 31.6 Å². The zero-order valence-electron chi connectivity index (χ0n) is 8.06. The van der Waals surface area contributed by atoms with Crippen LogP contribution in [0.1, 0.15) is 25.7 Å². The molecular formula is C9H16F2N2O. The van der Waals surface area contributed by atoms with Crippen molar-refractivity contribution in [2.75, 3.05) is 13.1 Å². The van der Waals surface area contributed by atoms with Gasteiger partial charge >= 0.3 is 5.92 Å². The molecule has 1 saturated carbocycles. The Balaban J connectivity index is 2.04. The summed E-state index contributed by atoms with van der Waals surface area (Å²) >= 11 is 0. The van der Waals surface area contributed by atoms with E-state index in [-0.39, 0.29) is 0 Å². The molecular weight excluding hydrogens is 190 g/mol. The maximum Gasteiger partial charge on any atom is 0.336 e. The van der Waals surface area contributed by atoms with Crippen LogP contribution in [0.5, 0.6) is 0 Å². The third-order valence-corrected chi connectivity index (χ3v) is 2.66. The first-order chi connectivity index (χ1) is 6.52. The Morgan fingerprint density at radius 2 is 2.14 bits per heavy atom. The Morgan fingerprint density at radius 3 is 2.57 bits per heavy atom. The molecule has 0 aromatic rings. The van der Waals surface area contributed by atoms with Crippen LogP contribution in [0.15, 0.2) is 0 Å². The van der Waals surface area contributed by atoms with Gasteiger partial charge in [0.25, 0.3) is 5.91 Å². The first-order valence-electron chi connectivity index (χ1n) is 4.91. The molecule has 0 bridgehead atoms. The number of carbonyl (C=O) groups is 1. The molecule has 0 heterocycles. The van der Waals surface area contributed by atoms with Gasteiger partial charge in [-0.3, -0.25) is 4.79 Å². The lowest BCUT2D eigenvalue weighted by Gasteiger charge is -2.25. The van der Waals surface area contributed by atoms with Crippen LogP contribution in [0.4, 0.5) is 8.78 Å². The van der Waals surface area contributed by atoms with Crippen LogP contribution < -0.4 is 11.1 Å². The molecule has 1 fully saturated rings. The van der Waals surface area contributed by atoms with Crippen molar-refractivity contribution in [3.05, 3.63) is 0 Å². The van der Waals surface area contributed by atoms with Gasteiger partial charge in [0.2, 0.25) is 0 Å². The highest BCUT2D eigenvalue weighted by Gasteiger charge is 2.35. The Bertz CT molecular complexity index is 205. The second kappa shape index (κ2) is 4.68. The maximum absolute atomic E-state index is 12.6. The molecule has 0 radical (unpaired) electrons. The molecule has 14 heavy (non-hydrogen) atoms. The first-order valence-corrected chi connectivity index (χ1v) is 4.91. The number of primary amides is 1. The molecule has 1 aliphatic carbocycles. The molecule has 1 rings (SSSR count). The Labute approximate surface area is 82.0 Å². The summed E-state index contributed by atoms with van der Waals surface area (Å²) in [5.41, 5.74) is 4.52. The van der Waals surface area contributed by atoms with E-state index in [0.717, 1.165) is 6.42 Å². The van der Waals surface area contributed by atoms with Crippen molar-refractivity contribution < 1.29 is 13.6 Å². The number of nitrogens with one attached hydrogen (secondary N) is 1. The number of nitrogens with two attached hydrogens (primary N) is 1. The van der Waals surface area contributed by atoms with E-state index < -0.39 is 18.4 Å². The second-order valence-corrected chi connectivity index (χ2v) is 3.83. The number of halogens is 2. The average Bonchev–Trinajstić information content (AvgIpc) is 2.00. The van der Waals surface area contributed by atoms with Crippen LogP contribution in [0.2, 0.25) is 0 Å². The Kier molecular flexibility index (Phi) is 3.80. The summed E-state index contributed by atoms with van der Waals surface area (Å²) in [4.78, 5) is 10.2. The molecule has 3 nitrogen and oxygen atoms in total. The smallest absolute Gasteiger partial charge is 0.336 e. The van der Waals surface area contributed by atoms with Gasteiger partial charge in [0.15, 0.2) is 0 Å². The summed E-state index contributed by atoms with van der Waals surface area (Å²) < 4.78 is 25.3. The topological polar surface area (TPSA) is 55.1 Å².